The summed E-state index contributed by atoms with van der Waals surface area (Å²) in [7, 11) is 0. The third-order valence-corrected chi connectivity index (χ3v) is 4.09. The highest BCUT2D eigenvalue weighted by molar-refractivity contribution is 5.54. The third kappa shape index (κ3) is 3.70. The SMILES string of the molecule is Cc1cc(-c2noc(C(C)c3ccc(CC(C)C)cc3)n2)ccn1. The second-order valence-corrected chi connectivity index (χ2v) is 6.70. The lowest BCUT2D eigenvalue weighted by atomic mass is 9.97. The van der Waals surface area contributed by atoms with Gasteiger partial charge in [-0.1, -0.05) is 43.3 Å². The van der Waals surface area contributed by atoms with E-state index in [1.165, 1.54) is 11.1 Å². The van der Waals surface area contributed by atoms with Crippen LogP contribution >= 0.6 is 0 Å². The van der Waals surface area contributed by atoms with Gasteiger partial charge < -0.3 is 4.52 Å². The fourth-order valence-electron chi connectivity index (χ4n) is 2.77. The Bertz CT molecular complexity index is 806. The second kappa shape index (κ2) is 6.95. The first-order valence-electron chi connectivity index (χ1n) is 8.38. The summed E-state index contributed by atoms with van der Waals surface area (Å²) in [6.07, 6.45) is 2.86. The van der Waals surface area contributed by atoms with Crippen molar-refractivity contribution >= 4 is 0 Å². The van der Waals surface area contributed by atoms with Crippen molar-refractivity contribution in [3.63, 3.8) is 0 Å². The topological polar surface area (TPSA) is 51.8 Å². The normalized spacial score (nSPS) is 12.5. The van der Waals surface area contributed by atoms with Crippen LogP contribution in [0.2, 0.25) is 0 Å². The van der Waals surface area contributed by atoms with E-state index in [4.69, 9.17) is 4.52 Å². The maximum absolute atomic E-state index is 5.49. The Morgan fingerprint density at radius 2 is 1.79 bits per heavy atom. The first-order chi connectivity index (χ1) is 11.5. The van der Waals surface area contributed by atoms with E-state index >= 15 is 0 Å². The summed E-state index contributed by atoms with van der Waals surface area (Å²) in [5, 5.41) is 4.12. The van der Waals surface area contributed by atoms with Gasteiger partial charge in [-0.25, -0.2) is 0 Å². The molecule has 1 unspecified atom stereocenters. The van der Waals surface area contributed by atoms with Crippen LogP contribution in [0.5, 0.6) is 0 Å². The van der Waals surface area contributed by atoms with E-state index < -0.39 is 0 Å². The molecule has 2 aromatic heterocycles. The lowest BCUT2D eigenvalue weighted by Crippen LogP contribution is -1.98. The molecule has 1 atom stereocenters. The standard InChI is InChI=1S/C20H23N3O/c1-13(2)11-16-5-7-17(8-6-16)15(4)20-22-19(23-24-20)18-9-10-21-14(3)12-18/h5-10,12-13,15H,11H2,1-4H3. The van der Waals surface area contributed by atoms with Crippen LogP contribution in [0, 0.1) is 12.8 Å². The Balaban J connectivity index is 1.79. The quantitative estimate of drug-likeness (QED) is 0.678. The first kappa shape index (κ1) is 16.4. The maximum atomic E-state index is 5.49. The molecule has 24 heavy (non-hydrogen) atoms. The zero-order chi connectivity index (χ0) is 17.1. The minimum atomic E-state index is 0.0716. The largest absolute Gasteiger partial charge is 0.338 e. The van der Waals surface area contributed by atoms with E-state index in [2.05, 4.69) is 60.2 Å². The molecule has 0 fully saturated rings. The van der Waals surface area contributed by atoms with Crippen LogP contribution in [-0.2, 0) is 6.42 Å². The van der Waals surface area contributed by atoms with E-state index in [9.17, 15) is 0 Å². The predicted molar refractivity (Wildman–Crippen MR) is 94.8 cm³/mol. The van der Waals surface area contributed by atoms with Crippen molar-refractivity contribution in [2.24, 2.45) is 5.92 Å². The van der Waals surface area contributed by atoms with Crippen LogP contribution < -0.4 is 0 Å². The number of hydrogen-bond donors (Lipinski definition) is 0. The minimum absolute atomic E-state index is 0.0716. The summed E-state index contributed by atoms with van der Waals surface area (Å²) in [6.45, 7) is 8.51. The van der Waals surface area contributed by atoms with E-state index in [0.29, 0.717) is 17.6 Å². The molecule has 0 bridgehead atoms. The minimum Gasteiger partial charge on any atom is -0.338 e. The Kier molecular flexibility index (Phi) is 4.74. The summed E-state index contributed by atoms with van der Waals surface area (Å²) >= 11 is 0. The average Bonchev–Trinajstić information content (AvgIpc) is 3.04. The van der Waals surface area contributed by atoms with Gasteiger partial charge in [0.25, 0.3) is 0 Å². The van der Waals surface area contributed by atoms with Crippen LogP contribution in [0.15, 0.2) is 47.1 Å². The number of pyridine rings is 1. The van der Waals surface area contributed by atoms with Crippen molar-refractivity contribution in [2.45, 2.75) is 40.0 Å². The molecule has 0 radical (unpaired) electrons. The van der Waals surface area contributed by atoms with E-state index in [0.717, 1.165) is 17.7 Å². The van der Waals surface area contributed by atoms with Crippen molar-refractivity contribution in [1.82, 2.24) is 15.1 Å². The molecule has 0 saturated carbocycles. The van der Waals surface area contributed by atoms with Crippen LogP contribution in [-0.4, -0.2) is 15.1 Å². The van der Waals surface area contributed by atoms with Gasteiger partial charge in [0.2, 0.25) is 11.7 Å². The monoisotopic (exact) mass is 321 g/mol. The molecule has 0 saturated heterocycles. The lowest BCUT2D eigenvalue weighted by Gasteiger charge is -2.09. The van der Waals surface area contributed by atoms with Gasteiger partial charge in [0.1, 0.15) is 0 Å². The molecule has 3 rings (SSSR count). The van der Waals surface area contributed by atoms with Crippen molar-refractivity contribution in [3.8, 4) is 11.4 Å². The molecule has 2 heterocycles. The van der Waals surface area contributed by atoms with Crippen LogP contribution in [0.4, 0.5) is 0 Å². The first-order valence-corrected chi connectivity index (χ1v) is 8.38. The van der Waals surface area contributed by atoms with Gasteiger partial charge in [-0.3, -0.25) is 4.98 Å². The van der Waals surface area contributed by atoms with Gasteiger partial charge in [0.05, 0.1) is 5.92 Å². The fraction of sp³-hybridized carbons (Fsp3) is 0.350. The molecule has 4 heteroatoms. The lowest BCUT2D eigenvalue weighted by molar-refractivity contribution is 0.371. The average molecular weight is 321 g/mol. The van der Waals surface area contributed by atoms with Gasteiger partial charge in [-0.15, -0.1) is 0 Å². The van der Waals surface area contributed by atoms with Crippen molar-refractivity contribution < 1.29 is 4.52 Å². The number of rotatable bonds is 5. The van der Waals surface area contributed by atoms with Gasteiger partial charge >= 0.3 is 0 Å². The van der Waals surface area contributed by atoms with Gasteiger partial charge in [0.15, 0.2) is 0 Å². The second-order valence-electron chi connectivity index (χ2n) is 6.70. The molecule has 3 aromatic rings. The predicted octanol–water partition coefficient (Wildman–Crippen LogP) is 4.79. The molecule has 1 aromatic carbocycles. The molecule has 0 spiro atoms. The summed E-state index contributed by atoms with van der Waals surface area (Å²) in [5.74, 6) is 1.98. The summed E-state index contributed by atoms with van der Waals surface area (Å²) in [5.41, 5.74) is 4.41. The fourth-order valence-corrected chi connectivity index (χ4v) is 2.77. The van der Waals surface area contributed by atoms with Gasteiger partial charge in [-0.2, -0.15) is 4.98 Å². The highest BCUT2D eigenvalue weighted by Crippen LogP contribution is 2.26. The molecule has 0 aliphatic rings. The van der Waals surface area contributed by atoms with Crippen molar-refractivity contribution in [3.05, 3.63) is 65.3 Å². The summed E-state index contributed by atoms with van der Waals surface area (Å²) in [4.78, 5) is 8.76. The highest BCUT2D eigenvalue weighted by atomic mass is 16.5. The van der Waals surface area contributed by atoms with Crippen LogP contribution in [0.3, 0.4) is 0 Å². The molecule has 4 nitrogen and oxygen atoms in total. The maximum Gasteiger partial charge on any atom is 0.234 e. The van der Waals surface area contributed by atoms with E-state index in [1.807, 2.05) is 19.1 Å². The van der Waals surface area contributed by atoms with Crippen LogP contribution in [0.1, 0.15) is 49.4 Å². The molecule has 0 aliphatic heterocycles. The Morgan fingerprint density at radius 3 is 2.46 bits per heavy atom. The summed E-state index contributed by atoms with van der Waals surface area (Å²) < 4.78 is 5.49. The molecule has 0 N–H and O–H groups in total. The van der Waals surface area contributed by atoms with Gasteiger partial charge in [-0.05, 0) is 49.4 Å². The zero-order valence-electron chi connectivity index (χ0n) is 14.7. The Morgan fingerprint density at radius 1 is 1.04 bits per heavy atom. The van der Waals surface area contributed by atoms with E-state index in [-0.39, 0.29) is 5.92 Å². The Hall–Kier alpha value is -2.49. The Labute approximate surface area is 143 Å². The smallest absolute Gasteiger partial charge is 0.234 e. The zero-order valence-corrected chi connectivity index (χ0v) is 14.7. The van der Waals surface area contributed by atoms with Crippen LogP contribution in [0.25, 0.3) is 11.4 Å². The number of hydrogen-bond acceptors (Lipinski definition) is 4. The molecule has 124 valence electrons. The molecular formula is C20H23N3O. The van der Waals surface area contributed by atoms with Crippen molar-refractivity contribution in [2.75, 3.05) is 0 Å². The molecule has 0 aliphatic carbocycles. The van der Waals surface area contributed by atoms with Crippen molar-refractivity contribution in [1.29, 1.82) is 0 Å². The van der Waals surface area contributed by atoms with Gasteiger partial charge in [0, 0.05) is 17.5 Å². The molecular weight excluding hydrogens is 298 g/mol. The highest BCUT2D eigenvalue weighted by Gasteiger charge is 2.17. The third-order valence-electron chi connectivity index (χ3n) is 4.09. The number of aryl methyl sites for hydroxylation is 1. The molecule has 0 amide bonds. The summed E-state index contributed by atoms with van der Waals surface area (Å²) in [6, 6.07) is 12.5. The number of aromatic nitrogens is 3. The number of benzene rings is 1. The van der Waals surface area contributed by atoms with E-state index in [1.54, 1.807) is 6.20 Å². The number of nitrogens with zero attached hydrogens (tertiary/aromatic N) is 3.